The molecule has 116 valence electrons. The van der Waals surface area contributed by atoms with E-state index in [2.05, 4.69) is 9.72 Å². The number of nitrogens with zero attached hydrogens (tertiary/aromatic N) is 2. The summed E-state index contributed by atoms with van der Waals surface area (Å²) in [5.74, 6) is -4.05. The fourth-order valence-corrected chi connectivity index (χ4v) is 1.97. The molecular weight excluding hydrogens is 296 g/mol. The van der Waals surface area contributed by atoms with E-state index in [4.69, 9.17) is 20.7 Å². The highest BCUT2D eigenvalue weighted by atomic mass is 19.3. The zero-order valence-corrected chi connectivity index (χ0v) is 10.3. The molecule has 0 amide bonds. The molecule has 1 fully saturated rings. The third-order valence-corrected chi connectivity index (χ3v) is 2.86. The number of anilines is 1. The molecule has 2 heterocycles. The Morgan fingerprint density at radius 2 is 2.29 bits per heavy atom. The van der Waals surface area contributed by atoms with Gasteiger partial charge in [0.05, 0.1) is 6.61 Å². The molecular formula is C10H11F2N3O6. The molecule has 9 nitrogen and oxygen atoms in total. The molecule has 0 saturated carbocycles. The average Bonchev–Trinajstić information content (AvgIpc) is 2.61. The summed E-state index contributed by atoms with van der Waals surface area (Å²) in [5.41, 5.74) is 4.14. The van der Waals surface area contributed by atoms with E-state index in [1.54, 1.807) is 0 Å². The van der Waals surface area contributed by atoms with Crippen molar-refractivity contribution in [1.29, 1.82) is 0 Å². The van der Waals surface area contributed by atoms with Crippen LogP contribution in [0.4, 0.5) is 19.4 Å². The van der Waals surface area contributed by atoms with Gasteiger partial charge >= 0.3 is 17.8 Å². The van der Waals surface area contributed by atoms with Gasteiger partial charge < -0.3 is 25.4 Å². The number of alkyl halides is 2. The minimum absolute atomic E-state index is 0.172. The minimum atomic E-state index is -3.88. The summed E-state index contributed by atoms with van der Waals surface area (Å²) >= 11 is 0. The van der Waals surface area contributed by atoms with Crippen molar-refractivity contribution in [3.8, 4) is 0 Å². The Balaban J connectivity index is 2.41. The molecule has 1 aliphatic heterocycles. The van der Waals surface area contributed by atoms with E-state index in [-0.39, 0.29) is 5.82 Å². The normalized spacial score (nSPS) is 27.5. The van der Waals surface area contributed by atoms with E-state index in [9.17, 15) is 18.4 Å². The Kier molecular flexibility index (Phi) is 3.78. The topological polar surface area (TPSA) is 137 Å². The molecule has 11 heteroatoms. The molecule has 0 aliphatic carbocycles. The number of nitrogens with two attached hydrogens (primary N) is 1. The number of hydrogen-bond acceptors (Lipinski definition) is 7. The van der Waals surface area contributed by atoms with Gasteiger partial charge in [0.15, 0.2) is 0 Å². The second-order valence-corrected chi connectivity index (χ2v) is 4.23. The maximum absolute atomic E-state index is 14.2. The lowest BCUT2D eigenvalue weighted by Gasteiger charge is -2.22. The van der Waals surface area contributed by atoms with E-state index >= 15 is 0 Å². The van der Waals surface area contributed by atoms with Gasteiger partial charge in [-0.3, -0.25) is 4.57 Å². The smallest absolute Gasteiger partial charge is 0.450 e. The van der Waals surface area contributed by atoms with Crippen LogP contribution in [0.5, 0.6) is 0 Å². The molecule has 3 atom stereocenters. The van der Waals surface area contributed by atoms with E-state index in [1.165, 1.54) is 0 Å². The third-order valence-electron chi connectivity index (χ3n) is 2.86. The molecule has 0 aromatic carbocycles. The van der Waals surface area contributed by atoms with Crippen LogP contribution in [0.3, 0.4) is 0 Å². The number of carboxylic acid groups (broad SMARTS) is 1. The first-order chi connectivity index (χ1) is 9.77. The number of aliphatic hydroxyl groups excluding tert-OH is 1. The van der Waals surface area contributed by atoms with Crippen molar-refractivity contribution in [2.75, 3.05) is 12.3 Å². The first-order valence-corrected chi connectivity index (χ1v) is 5.65. The van der Waals surface area contributed by atoms with Crippen molar-refractivity contribution in [3.63, 3.8) is 0 Å². The Labute approximate surface area is 115 Å². The predicted octanol–water partition coefficient (Wildman–Crippen LogP) is -0.586. The number of nitrogen functional groups attached to an aromatic ring is 1. The van der Waals surface area contributed by atoms with Crippen LogP contribution in [-0.2, 0) is 9.47 Å². The van der Waals surface area contributed by atoms with Crippen LogP contribution in [0.1, 0.15) is 6.23 Å². The standard InChI is InChI=1S/C10H11F2N3O6/c11-10(12)6(21-9(18)19)4(3-16)20-7(10)15-2-1-5(13)14-8(15)17/h1-2,4,6-7,16H,3H2,(H,18,19)(H2,13,14,17)/t4-,6-,7-/m1/s1. The quantitative estimate of drug-likeness (QED) is 0.630. The van der Waals surface area contributed by atoms with Gasteiger partial charge in [-0.1, -0.05) is 0 Å². The lowest BCUT2D eigenvalue weighted by Crippen LogP contribution is -2.44. The number of rotatable bonds is 3. The Bertz CT molecular complexity index is 607. The van der Waals surface area contributed by atoms with Gasteiger partial charge in [0, 0.05) is 6.20 Å². The molecule has 1 saturated heterocycles. The predicted molar refractivity (Wildman–Crippen MR) is 61.8 cm³/mol. The maximum Gasteiger partial charge on any atom is 0.506 e. The number of aromatic nitrogens is 2. The highest BCUT2D eigenvalue weighted by Gasteiger charge is 2.62. The Morgan fingerprint density at radius 3 is 2.81 bits per heavy atom. The summed E-state index contributed by atoms with van der Waals surface area (Å²) in [6.07, 6.45) is -7.06. The van der Waals surface area contributed by atoms with Crippen molar-refractivity contribution >= 4 is 12.0 Å². The summed E-state index contributed by atoms with van der Waals surface area (Å²) < 4.78 is 37.7. The van der Waals surface area contributed by atoms with Gasteiger partial charge in [-0.05, 0) is 6.07 Å². The van der Waals surface area contributed by atoms with Crippen molar-refractivity contribution in [2.45, 2.75) is 24.4 Å². The van der Waals surface area contributed by atoms with Crippen LogP contribution < -0.4 is 11.4 Å². The van der Waals surface area contributed by atoms with E-state index < -0.39 is 42.8 Å². The summed E-state index contributed by atoms with van der Waals surface area (Å²) in [6, 6.07) is 1.10. The number of carbonyl (C=O) groups is 1. The number of aliphatic hydroxyl groups is 1. The molecule has 1 aromatic rings. The number of halogens is 2. The van der Waals surface area contributed by atoms with Crippen molar-refractivity contribution in [3.05, 3.63) is 22.7 Å². The highest BCUT2D eigenvalue weighted by molar-refractivity contribution is 5.57. The van der Waals surface area contributed by atoms with Crippen LogP contribution in [0, 0.1) is 0 Å². The Morgan fingerprint density at radius 1 is 1.62 bits per heavy atom. The monoisotopic (exact) mass is 307 g/mol. The minimum Gasteiger partial charge on any atom is -0.450 e. The molecule has 0 unspecified atom stereocenters. The van der Waals surface area contributed by atoms with Crippen molar-refractivity contribution < 1.29 is 33.3 Å². The molecule has 2 rings (SSSR count). The number of ether oxygens (including phenoxy) is 2. The van der Waals surface area contributed by atoms with Gasteiger partial charge in [-0.15, -0.1) is 0 Å². The fraction of sp³-hybridized carbons (Fsp3) is 0.500. The number of hydrogen-bond donors (Lipinski definition) is 3. The zero-order chi connectivity index (χ0) is 15.8. The third kappa shape index (κ3) is 2.64. The van der Waals surface area contributed by atoms with Crippen LogP contribution in [0.15, 0.2) is 17.1 Å². The molecule has 4 N–H and O–H groups in total. The van der Waals surface area contributed by atoms with E-state index in [0.717, 1.165) is 12.3 Å². The summed E-state index contributed by atoms with van der Waals surface area (Å²) in [7, 11) is 0. The summed E-state index contributed by atoms with van der Waals surface area (Å²) in [6.45, 7) is -0.915. The van der Waals surface area contributed by atoms with Crippen LogP contribution in [-0.4, -0.2) is 50.7 Å². The second kappa shape index (κ2) is 5.26. The van der Waals surface area contributed by atoms with E-state index in [1.807, 2.05) is 0 Å². The summed E-state index contributed by atoms with van der Waals surface area (Å²) in [4.78, 5) is 25.3. The fourth-order valence-electron chi connectivity index (χ4n) is 1.97. The first kappa shape index (κ1) is 15.1. The van der Waals surface area contributed by atoms with Gasteiger partial charge in [0.2, 0.25) is 12.3 Å². The molecule has 0 spiro atoms. The molecule has 0 bridgehead atoms. The molecule has 0 radical (unpaired) electrons. The molecule has 1 aromatic heterocycles. The van der Waals surface area contributed by atoms with Crippen LogP contribution in [0.2, 0.25) is 0 Å². The maximum atomic E-state index is 14.2. The summed E-state index contributed by atoms with van der Waals surface area (Å²) in [5, 5.41) is 17.5. The van der Waals surface area contributed by atoms with Crippen LogP contribution in [0.25, 0.3) is 0 Å². The molecule has 21 heavy (non-hydrogen) atoms. The largest absolute Gasteiger partial charge is 0.506 e. The van der Waals surface area contributed by atoms with Gasteiger partial charge in [-0.25, -0.2) is 9.59 Å². The highest BCUT2D eigenvalue weighted by Crippen LogP contribution is 2.43. The van der Waals surface area contributed by atoms with E-state index in [0.29, 0.717) is 4.57 Å². The SMILES string of the molecule is Nc1ccn([C@@H]2O[C@H](CO)[C@@H](OC(=O)O)C2(F)F)c(=O)n1. The Hall–Kier alpha value is -2.27. The van der Waals surface area contributed by atoms with Gasteiger partial charge in [0.1, 0.15) is 11.9 Å². The second-order valence-electron chi connectivity index (χ2n) is 4.23. The average molecular weight is 307 g/mol. The lowest BCUT2D eigenvalue weighted by molar-refractivity contribution is -0.144. The van der Waals surface area contributed by atoms with Gasteiger partial charge in [0.25, 0.3) is 0 Å². The van der Waals surface area contributed by atoms with Gasteiger partial charge in [-0.2, -0.15) is 13.8 Å². The van der Waals surface area contributed by atoms with Crippen LogP contribution >= 0.6 is 0 Å². The molecule has 1 aliphatic rings. The van der Waals surface area contributed by atoms with Crippen molar-refractivity contribution in [1.82, 2.24) is 9.55 Å². The zero-order valence-electron chi connectivity index (χ0n) is 10.3. The first-order valence-electron chi connectivity index (χ1n) is 5.65. The van der Waals surface area contributed by atoms with Crippen molar-refractivity contribution in [2.24, 2.45) is 0 Å². The lowest BCUT2D eigenvalue weighted by atomic mass is 10.1.